The number of hydrogen-bond acceptors (Lipinski definition) is 5. The van der Waals surface area contributed by atoms with Gasteiger partial charge in [-0.1, -0.05) is 57.5 Å². The summed E-state index contributed by atoms with van der Waals surface area (Å²) in [4.78, 5) is 20.1. The van der Waals surface area contributed by atoms with E-state index in [1.807, 2.05) is 30.3 Å². The van der Waals surface area contributed by atoms with Gasteiger partial charge < -0.3 is 9.47 Å². The van der Waals surface area contributed by atoms with Gasteiger partial charge in [0.05, 0.1) is 12.1 Å². The molecule has 5 nitrogen and oxygen atoms in total. The first kappa shape index (κ1) is 19.3. The molecule has 2 aliphatic heterocycles. The third-order valence-electron chi connectivity index (χ3n) is 9.64. The number of nitrogens with zero attached hydrogens (tertiary/aromatic N) is 1. The number of carbonyl (C=O) groups excluding carboxylic acids is 1. The summed E-state index contributed by atoms with van der Waals surface area (Å²) in [5.74, 6) is 0.403. The minimum absolute atomic E-state index is 0.0613. The monoisotopic (exact) mass is 411 g/mol. The summed E-state index contributed by atoms with van der Waals surface area (Å²) in [6.07, 6.45) is 6.35. The summed E-state index contributed by atoms with van der Waals surface area (Å²) in [6.45, 7) is 7.49. The second-order valence-electron chi connectivity index (χ2n) is 11.0. The second-order valence-corrected chi connectivity index (χ2v) is 11.0. The fraction of sp³-hybridized carbons (Fsp3) is 0.720. The summed E-state index contributed by atoms with van der Waals surface area (Å²) < 4.78 is 12.6. The molecule has 0 N–H and O–H groups in total. The first-order valence-corrected chi connectivity index (χ1v) is 11.7. The predicted molar refractivity (Wildman–Crippen MR) is 111 cm³/mol. The van der Waals surface area contributed by atoms with Crippen molar-refractivity contribution in [3.8, 4) is 0 Å². The topological polar surface area (TPSA) is 48.0 Å². The standard InChI is InChI=1S/C25H33NO4/c1-23(2)17-12-14-24(23,3)20-19(17)26-21(29-20)18-11-7-8-13-25(18,30-26)22(27)28-15-16-9-5-4-6-10-16/h4-6,9-10,17-21H,7-8,11-15H2,1-3H3/t17-,18+,19-,20-,21+,24+,25+/m1/s1. The fourth-order valence-corrected chi connectivity index (χ4v) is 7.54. The van der Waals surface area contributed by atoms with Crippen LogP contribution < -0.4 is 0 Å². The second kappa shape index (κ2) is 6.30. The van der Waals surface area contributed by atoms with E-state index in [0.29, 0.717) is 12.5 Å². The highest BCUT2D eigenvalue weighted by Crippen LogP contribution is 2.71. The maximum atomic E-state index is 13.4. The van der Waals surface area contributed by atoms with E-state index in [4.69, 9.17) is 14.3 Å². The van der Waals surface area contributed by atoms with E-state index in [-0.39, 0.29) is 41.1 Å². The molecule has 0 aromatic heterocycles. The molecule has 2 saturated heterocycles. The van der Waals surface area contributed by atoms with Gasteiger partial charge in [-0.25, -0.2) is 4.79 Å². The molecular formula is C25H33NO4. The molecule has 5 heteroatoms. The van der Waals surface area contributed by atoms with Crippen molar-refractivity contribution in [3.63, 3.8) is 0 Å². The number of ether oxygens (including phenoxy) is 2. The molecule has 7 atom stereocenters. The van der Waals surface area contributed by atoms with Gasteiger partial charge in [0.1, 0.15) is 12.8 Å². The van der Waals surface area contributed by atoms with Crippen LogP contribution in [0.5, 0.6) is 0 Å². The molecule has 1 aromatic carbocycles. The number of esters is 1. The van der Waals surface area contributed by atoms with Crippen LogP contribution in [0.4, 0.5) is 0 Å². The van der Waals surface area contributed by atoms with E-state index < -0.39 is 5.60 Å². The van der Waals surface area contributed by atoms with E-state index in [9.17, 15) is 4.79 Å². The molecule has 2 bridgehead atoms. The van der Waals surface area contributed by atoms with Gasteiger partial charge in [0.15, 0.2) is 5.60 Å². The lowest BCUT2D eigenvalue weighted by Gasteiger charge is -2.40. The van der Waals surface area contributed by atoms with E-state index in [2.05, 4.69) is 25.8 Å². The van der Waals surface area contributed by atoms with Crippen molar-refractivity contribution in [2.75, 3.05) is 0 Å². The number of hydroxylamine groups is 2. The zero-order valence-corrected chi connectivity index (χ0v) is 18.3. The van der Waals surface area contributed by atoms with Crippen LogP contribution in [-0.4, -0.2) is 35.0 Å². The van der Waals surface area contributed by atoms with Gasteiger partial charge in [0.25, 0.3) is 0 Å². The minimum Gasteiger partial charge on any atom is -0.459 e. The lowest BCUT2D eigenvalue weighted by molar-refractivity contribution is -0.242. The third-order valence-corrected chi connectivity index (χ3v) is 9.64. The molecule has 30 heavy (non-hydrogen) atoms. The molecule has 0 spiro atoms. The highest BCUT2D eigenvalue weighted by molar-refractivity contribution is 5.80. The zero-order chi connectivity index (χ0) is 20.7. The molecule has 3 saturated carbocycles. The highest BCUT2D eigenvalue weighted by atomic mass is 16.8. The van der Waals surface area contributed by atoms with Crippen LogP contribution in [0.2, 0.25) is 0 Å². The van der Waals surface area contributed by atoms with Crippen molar-refractivity contribution in [1.82, 2.24) is 5.06 Å². The molecule has 0 unspecified atom stereocenters. The van der Waals surface area contributed by atoms with Crippen LogP contribution >= 0.6 is 0 Å². The van der Waals surface area contributed by atoms with Crippen molar-refractivity contribution in [3.05, 3.63) is 35.9 Å². The molecular weight excluding hydrogens is 378 g/mol. The van der Waals surface area contributed by atoms with Crippen LogP contribution in [0, 0.1) is 22.7 Å². The Balaban J connectivity index is 1.27. The van der Waals surface area contributed by atoms with Crippen molar-refractivity contribution in [2.24, 2.45) is 22.7 Å². The predicted octanol–water partition coefficient (Wildman–Crippen LogP) is 4.46. The maximum Gasteiger partial charge on any atom is 0.341 e. The number of benzene rings is 1. The summed E-state index contributed by atoms with van der Waals surface area (Å²) in [5.41, 5.74) is 0.537. The molecule has 1 aromatic rings. The lowest BCUT2D eigenvalue weighted by atomic mass is 9.70. The van der Waals surface area contributed by atoms with Crippen LogP contribution in [0.25, 0.3) is 0 Å². The minimum atomic E-state index is -0.879. The number of carbonyl (C=O) groups is 1. The Bertz CT molecular complexity index is 856. The van der Waals surface area contributed by atoms with Crippen LogP contribution in [-0.2, 0) is 25.7 Å². The average Bonchev–Trinajstić information content (AvgIpc) is 3.39. The van der Waals surface area contributed by atoms with Gasteiger partial charge in [-0.05, 0) is 49.0 Å². The average molecular weight is 412 g/mol. The Morgan fingerprint density at radius 3 is 2.70 bits per heavy atom. The third kappa shape index (κ3) is 2.27. The number of hydrogen-bond donors (Lipinski definition) is 0. The van der Waals surface area contributed by atoms with Gasteiger partial charge in [-0.3, -0.25) is 4.84 Å². The smallest absolute Gasteiger partial charge is 0.341 e. The Kier molecular flexibility index (Phi) is 4.05. The number of rotatable bonds is 3. The fourth-order valence-electron chi connectivity index (χ4n) is 7.54. The van der Waals surface area contributed by atoms with Gasteiger partial charge in [0.2, 0.25) is 0 Å². The van der Waals surface area contributed by atoms with Crippen LogP contribution in [0.15, 0.2) is 30.3 Å². The van der Waals surface area contributed by atoms with E-state index >= 15 is 0 Å². The summed E-state index contributed by atoms with van der Waals surface area (Å²) in [5, 5.41) is 2.13. The molecule has 6 rings (SSSR count). The molecule has 2 heterocycles. The lowest BCUT2D eigenvalue weighted by Crippen LogP contribution is -2.51. The molecule has 162 valence electrons. The van der Waals surface area contributed by atoms with Gasteiger partial charge in [-0.2, -0.15) is 5.06 Å². The summed E-state index contributed by atoms with van der Waals surface area (Å²) >= 11 is 0. The van der Waals surface area contributed by atoms with Crippen molar-refractivity contribution < 1.29 is 19.1 Å². The Morgan fingerprint density at radius 1 is 1.10 bits per heavy atom. The summed E-state index contributed by atoms with van der Waals surface area (Å²) in [7, 11) is 0. The van der Waals surface area contributed by atoms with Gasteiger partial charge >= 0.3 is 5.97 Å². The maximum absolute atomic E-state index is 13.4. The van der Waals surface area contributed by atoms with Crippen molar-refractivity contribution >= 4 is 5.97 Å². The van der Waals surface area contributed by atoms with Crippen LogP contribution in [0.3, 0.4) is 0 Å². The quantitative estimate of drug-likeness (QED) is 0.688. The Morgan fingerprint density at radius 2 is 1.90 bits per heavy atom. The Hall–Kier alpha value is -1.43. The van der Waals surface area contributed by atoms with Gasteiger partial charge in [-0.15, -0.1) is 0 Å². The number of fused-ring (bicyclic) bond motifs is 9. The van der Waals surface area contributed by atoms with Gasteiger partial charge in [0, 0.05) is 11.3 Å². The Labute approximate surface area is 179 Å². The SMILES string of the molecule is CC1(C)[C@@H]2CC[C@@]1(C)[C@@H]1O[C@H]3[C@@H]4CCCC[C@]4(C(=O)OCc4ccccc4)ON3[C@H]21. The first-order valence-electron chi connectivity index (χ1n) is 11.7. The largest absolute Gasteiger partial charge is 0.459 e. The molecule has 0 radical (unpaired) electrons. The zero-order valence-electron chi connectivity index (χ0n) is 18.3. The molecule has 0 amide bonds. The molecule has 3 aliphatic carbocycles. The van der Waals surface area contributed by atoms with E-state index in [1.54, 1.807) is 0 Å². The van der Waals surface area contributed by atoms with E-state index in [0.717, 1.165) is 31.2 Å². The highest BCUT2D eigenvalue weighted by Gasteiger charge is 2.76. The molecule has 5 aliphatic rings. The van der Waals surface area contributed by atoms with Crippen LogP contribution in [0.1, 0.15) is 64.9 Å². The first-order chi connectivity index (χ1) is 14.4. The molecule has 5 fully saturated rings. The normalized spacial score (nSPS) is 45.8. The van der Waals surface area contributed by atoms with E-state index in [1.165, 1.54) is 12.8 Å². The summed E-state index contributed by atoms with van der Waals surface area (Å²) in [6, 6.07) is 10.1. The van der Waals surface area contributed by atoms with Crippen molar-refractivity contribution in [2.45, 2.75) is 89.9 Å². The van der Waals surface area contributed by atoms with Crippen molar-refractivity contribution in [1.29, 1.82) is 0 Å².